The van der Waals surface area contributed by atoms with Gasteiger partial charge in [-0.05, 0) is 0 Å². The van der Waals surface area contributed by atoms with E-state index in [0.717, 1.165) is 6.42 Å². The van der Waals surface area contributed by atoms with Crippen LogP contribution in [0.3, 0.4) is 0 Å². The molecule has 0 spiro atoms. The molecule has 3 heteroatoms. The van der Waals surface area contributed by atoms with Gasteiger partial charge in [0, 0.05) is 6.42 Å². The Labute approximate surface area is 41.1 Å². The maximum Gasteiger partial charge on any atom is 0.193 e. The predicted octanol–water partition coefficient (Wildman–Crippen LogP) is 0.0632. The molecule has 0 radical (unpaired) electrons. The Bertz CT molecular complexity index is 65.0. The third-order valence-corrected chi connectivity index (χ3v) is 1.22. The summed E-state index contributed by atoms with van der Waals surface area (Å²) in [6.07, 6.45) is 1.09. The van der Waals surface area contributed by atoms with Crippen molar-refractivity contribution in [2.75, 3.05) is 6.61 Å². The third kappa shape index (κ3) is 0.459. The fraction of sp³-hybridized carbons (Fsp3) is 1.00. The summed E-state index contributed by atoms with van der Waals surface area (Å²) in [5.74, 6) is 0. The van der Waals surface area contributed by atoms with Gasteiger partial charge in [-0.25, -0.2) is 9.78 Å². The highest BCUT2D eigenvalue weighted by Gasteiger charge is 2.35. The average Bonchev–Trinajstić information content (AvgIpc) is 2.22. The Morgan fingerprint density at radius 1 is 1.29 bits per heavy atom. The Morgan fingerprint density at radius 2 is 2.29 bits per heavy atom. The zero-order valence-electron chi connectivity index (χ0n) is 3.79. The minimum Gasteiger partial charge on any atom is -0.347 e. The number of hydrogen-bond acceptors (Lipinski definition) is 3. The van der Waals surface area contributed by atoms with E-state index in [-0.39, 0.29) is 12.4 Å². The molecule has 2 rings (SSSR count). The van der Waals surface area contributed by atoms with Crippen molar-refractivity contribution in [3.05, 3.63) is 0 Å². The van der Waals surface area contributed by atoms with Crippen LogP contribution in [0.4, 0.5) is 0 Å². The van der Waals surface area contributed by atoms with Gasteiger partial charge in [0.05, 0.1) is 6.61 Å². The van der Waals surface area contributed by atoms with Gasteiger partial charge < -0.3 is 4.74 Å². The van der Waals surface area contributed by atoms with Crippen LogP contribution in [0.5, 0.6) is 0 Å². The van der Waals surface area contributed by atoms with Crippen LogP contribution in [-0.4, -0.2) is 19.0 Å². The standard InChI is InChI=1S/C4H6O3/c1-3-2-5-4(1)7-6-3/h3-4H,1-2H2. The Morgan fingerprint density at radius 3 is 2.43 bits per heavy atom. The lowest BCUT2D eigenvalue weighted by atomic mass is 10.3. The van der Waals surface area contributed by atoms with Crippen LogP contribution >= 0.6 is 0 Å². The van der Waals surface area contributed by atoms with Gasteiger partial charge in [-0.3, -0.25) is 0 Å². The minimum absolute atomic E-state index is 0.0509. The number of rotatable bonds is 0. The van der Waals surface area contributed by atoms with Gasteiger partial charge >= 0.3 is 0 Å². The minimum atomic E-state index is -0.0509. The van der Waals surface area contributed by atoms with Crippen molar-refractivity contribution in [3.63, 3.8) is 0 Å². The summed E-state index contributed by atoms with van der Waals surface area (Å²) in [5.41, 5.74) is 0. The van der Waals surface area contributed by atoms with E-state index < -0.39 is 0 Å². The maximum atomic E-state index is 5.00. The first-order valence-corrected chi connectivity index (χ1v) is 2.39. The van der Waals surface area contributed by atoms with Crippen LogP contribution in [0.25, 0.3) is 0 Å². The summed E-state index contributed by atoms with van der Waals surface area (Å²) in [6, 6.07) is 0. The highest BCUT2D eigenvalue weighted by Crippen LogP contribution is 2.24. The van der Waals surface area contributed by atoms with Crippen molar-refractivity contribution in [2.45, 2.75) is 18.8 Å². The van der Waals surface area contributed by atoms with E-state index in [9.17, 15) is 0 Å². The van der Waals surface area contributed by atoms with E-state index in [0.29, 0.717) is 6.61 Å². The molecule has 7 heavy (non-hydrogen) atoms. The Kier molecular flexibility index (Phi) is 0.647. The summed E-state index contributed by atoms with van der Waals surface area (Å²) in [6.45, 7) is 0.713. The molecular formula is C4H6O3. The molecule has 0 saturated carbocycles. The van der Waals surface area contributed by atoms with Gasteiger partial charge in [-0.15, -0.1) is 0 Å². The van der Waals surface area contributed by atoms with E-state index in [2.05, 4.69) is 4.89 Å². The molecule has 0 aromatic carbocycles. The Balaban J connectivity index is 2.12. The molecule has 0 N–H and O–H groups in total. The molecule has 2 aliphatic heterocycles. The molecule has 0 aromatic rings. The van der Waals surface area contributed by atoms with Crippen LogP contribution in [0.2, 0.25) is 0 Å². The molecule has 2 fully saturated rings. The van der Waals surface area contributed by atoms with Crippen molar-refractivity contribution < 1.29 is 14.5 Å². The molecule has 2 heterocycles. The third-order valence-electron chi connectivity index (χ3n) is 1.22. The molecule has 0 aromatic heterocycles. The first-order valence-electron chi connectivity index (χ1n) is 2.39. The second-order valence-corrected chi connectivity index (χ2v) is 1.81. The van der Waals surface area contributed by atoms with Gasteiger partial charge in [-0.1, -0.05) is 0 Å². The smallest absolute Gasteiger partial charge is 0.193 e. The first-order chi connectivity index (χ1) is 3.45. The lowest BCUT2D eigenvalue weighted by Gasteiger charge is -2.08. The molecular weight excluding hydrogens is 96.0 g/mol. The van der Waals surface area contributed by atoms with Crippen LogP contribution < -0.4 is 0 Å². The van der Waals surface area contributed by atoms with Crippen molar-refractivity contribution in [3.8, 4) is 0 Å². The molecule has 2 atom stereocenters. The summed E-state index contributed by atoms with van der Waals surface area (Å²) in [4.78, 5) is 9.36. The summed E-state index contributed by atoms with van der Waals surface area (Å²) in [7, 11) is 0. The molecule has 2 aliphatic rings. The van der Waals surface area contributed by atoms with Crippen molar-refractivity contribution >= 4 is 0 Å². The molecule has 2 saturated heterocycles. The molecule has 40 valence electrons. The quantitative estimate of drug-likeness (QED) is 0.405. The number of ether oxygens (including phenoxy) is 1. The van der Waals surface area contributed by atoms with Crippen LogP contribution in [-0.2, 0) is 14.5 Å². The molecule has 2 bridgehead atoms. The van der Waals surface area contributed by atoms with Gasteiger partial charge in [-0.2, -0.15) is 0 Å². The van der Waals surface area contributed by atoms with Crippen molar-refractivity contribution in [1.82, 2.24) is 0 Å². The molecule has 0 aliphatic carbocycles. The second kappa shape index (κ2) is 1.18. The zero-order valence-corrected chi connectivity index (χ0v) is 3.79. The van der Waals surface area contributed by atoms with Gasteiger partial charge in [0.2, 0.25) is 0 Å². The highest BCUT2D eigenvalue weighted by atomic mass is 17.2. The van der Waals surface area contributed by atoms with Crippen LogP contribution in [0.15, 0.2) is 0 Å². The van der Waals surface area contributed by atoms with Crippen LogP contribution in [0.1, 0.15) is 6.42 Å². The number of hydrogen-bond donors (Lipinski definition) is 0. The van der Waals surface area contributed by atoms with E-state index in [1.165, 1.54) is 0 Å². The highest BCUT2D eigenvalue weighted by molar-refractivity contribution is 4.68. The van der Waals surface area contributed by atoms with Crippen molar-refractivity contribution in [1.29, 1.82) is 0 Å². The topological polar surface area (TPSA) is 27.7 Å². The molecule has 2 unspecified atom stereocenters. The zero-order chi connectivity index (χ0) is 4.69. The van der Waals surface area contributed by atoms with Gasteiger partial charge in [0.25, 0.3) is 0 Å². The Hall–Kier alpha value is -0.120. The van der Waals surface area contributed by atoms with E-state index in [4.69, 9.17) is 9.62 Å². The average molecular weight is 102 g/mol. The lowest BCUT2D eigenvalue weighted by molar-refractivity contribution is -0.378. The fourth-order valence-electron chi connectivity index (χ4n) is 0.840. The van der Waals surface area contributed by atoms with E-state index >= 15 is 0 Å². The molecule has 0 amide bonds. The maximum absolute atomic E-state index is 5.00. The van der Waals surface area contributed by atoms with E-state index in [1.54, 1.807) is 0 Å². The molecule has 3 nitrogen and oxygen atoms in total. The first kappa shape index (κ1) is 3.83. The predicted molar refractivity (Wildman–Crippen MR) is 20.3 cm³/mol. The normalized spacial score (nSPS) is 48.0. The largest absolute Gasteiger partial charge is 0.347 e. The van der Waals surface area contributed by atoms with E-state index in [1.807, 2.05) is 0 Å². The lowest BCUT2D eigenvalue weighted by Crippen LogP contribution is -2.14. The monoisotopic (exact) mass is 102 g/mol. The SMILES string of the molecule is C1OC2CC1OO2. The summed E-state index contributed by atoms with van der Waals surface area (Å²) < 4.78 is 5.00. The summed E-state index contributed by atoms with van der Waals surface area (Å²) in [5, 5.41) is 0. The fourth-order valence-corrected chi connectivity index (χ4v) is 0.840. The van der Waals surface area contributed by atoms with Crippen LogP contribution in [0, 0.1) is 0 Å². The second-order valence-electron chi connectivity index (χ2n) is 1.81. The summed E-state index contributed by atoms with van der Waals surface area (Å²) >= 11 is 0. The van der Waals surface area contributed by atoms with Gasteiger partial charge in [0.15, 0.2) is 6.29 Å². The van der Waals surface area contributed by atoms with Gasteiger partial charge in [0.1, 0.15) is 6.10 Å². The number of fused-ring (bicyclic) bond motifs is 2. The van der Waals surface area contributed by atoms with Crippen molar-refractivity contribution in [2.24, 2.45) is 0 Å².